The zero-order valence-corrected chi connectivity index (χ0v) is 18.8. The van der Waals surface area contributed by atoms with E-state index in [0.717, 1.165) is 14.7 Å². The molecule has 1 amide bonds. The Labute approximate surface area is 195 Å². The van der Waals surface area contributed by atoms with E-state index in [4.69, 9.17) is 9.47 Å². The second-order valence-corrected chi connectivity index (χ2v) is 8.84. The number of carbonyl (C=O) groups is 1. The summed E-state index contributed by atoms with van der Waals surface area (Å²) in [7, 11) is 0. The summed E-state index contributed by atoms with van der Waals surface area (Å²) in [5, 5.41) is 5.98. The Morgan fingerprint density at radius 3 is 2.75 bits per heavy atom. The first-order valence-corrected chi connectivity index (χ1v) is 11.3. The molecule has 6 nitrogen and oxygen atoms in total. The number of para-hydroxylation sites is 2. The van der Waals surface area contributed by atoms with Crippen molar-refractivity contribution in [1.29, 1.82) is 0 Å². The average Bonchev–Trinajstić information content (AvgIpc) is 3.22. The van der Waals surface area contributed by atoms with Crippen molar-refractivity contribution in [3.63, 3.8) is 0 Å². The van der Waals surface area contributed by atoms with Crippen LogP contribution in [0.2, 0.25) is 0 Å². The fourth-order valence-electron chi connectivity index (χ4n) is 3.13. The summed E-state index contributed by atoms with van der Waals surface area (Å²) >= 11 is 4.78. The topological polar surface area (TPSA) is 64.0 Å². The lowest BCUT2D eigenvalue weighted by Gasteiger charge is -2.27. The van der Waals surface area contributed by atoms with E-state index in [9.17, 15) is 9.18 Å². The number of nitrogens with zero attached hydrogens (tertiary/aromatic N) is 3. The lowest BCUT2D eigenvalue weighted by Crippen LogP contribution is -2.44. The van der Waals surface area contributed by atoms with Gasteiger partial charge in [-0.1, -0.05) is 51.5 Å². The fraction of sp³-hybridized carbons (Fsp3) is 0.0870. The van der Waals surface area contributed by atoms with Gasteiger partial charge in [-0.25, -0.2) is 9.37 Å². The summed E-state index contributed by atoms with van der Waals surface area (Å²) in [5.41, 5.74) is 1.38. The second kappa shape index (κ2) is 8.68. The Morgan fingerprint density at radius 1 is 1.16 bits per heavy atom. The number of hydrogen-bond acceptors (Lipinski definition) is 6. The van der Waals surface area contributed by atoms with Gasteiger partial charge in [0.05, 0.1) is 16.4 Å². The normalized spacial score (nSPS) is 15.2. The molecule has 1 atom stereocenters. The van der Waals surface area contributed by atoms with Crippen molar-refractivity contribution in [3.8, 4) is 11.5 Å². The number of ether oxygens (including phenoxy) is 2. The minimum Gasteiger partial charge on any atom is -0.485 e. The zero-order valence-electron chi connectivity index (χ0n) is 16.4. The molecule has 1 aliphatic heterocycles. The van der Waals surface area contributed by atoms with Crippen LogP contribution in [0.15, 0.2) is 76.3 Å². The lowest BCUT2D eigenvalue weighted by molar-refractivity contribution is -0.127. The van der Waals surface area contributed by atoms with Gasteiger partial charge in [0.15, 0.2) is 11.5 Å². The standard InChI is InChI=1S/C23H15BrFN3O3S/c24-15-7-10-17-21(11-15)32-23(27-17)28(26-12-14-5-8-16(25)9-6-14)22(29)20-13-30-18-3-1-2-4-19(18)31-20/h1-12,20H,13H2/b26-12+. The van der Waals surface area contributed by atoms with Crippen LogP contribution >= 0.6 is 27.3 Å². The van der Waals surface area contributed by atoms with E-state index in [-0.39, 0.29) is 12.4 Å². The second-order valence-electron chi connectivity index (χ2n) is 6.92. The number of carbonyl (C=O) groups excluding carboxylic acids is 1. The molecule has 2 heterocycles. The third-order valence-corrected chi connectivity index (χ3v) is 6.19. The van der Waals surface area contributed by atoms with Crippen molar-refractivity contribution in [2.75, 3.05) is 11.6 Å². The van der Waals surface area contributed by atoms with E-state index >= 15 is 0 Å². The molecule has 3 aromatic carbocycles. The highest BCUT2D eigenvalue weighted by molar-refractivity contribution is 9.10. The van der Waals surface area contributed by atoms with E-state index in [2.05, 4.69) is 26.0 Å². The molecule has 0 spiro atoms. The Balaban J connectivity index is 1.49. The molecule has 0 saturated heterocycles. The van der Waals surface area contributed by atoms with Crippen molar-refractivity contribution in [2.24, 2.45) is 5.10 Å². The summed E-state index contributed by atoms with van der Waals surface area (Å²) < 4.78 is 26.6. The van der Waals surface area contributed by atoms with Crippen molar-refractivity contribution >= 4 is 54.7 Å². The molecule has 0 radical (unpaired) electrons. The summed E-state index contributed by atoms with van der Waals surface area (Å²) in [6.07, 6.45) is 0.589. The minimum atomic E-state index is -0.894. The Kier molecular flexibility index (Phi) is 5.59. The Bertz CT molecular complexity index is 1330. The maximum absolute atomic E-state index is 13.4. The van der Waals surface area contributed by atoms with E-state index in [1.807, 2.05) is 30.3 Å². The van der Waals surface area contributed by atoms with Crippen molar-refractivity contribution in [2.45, 2.75) is 6.10 Å². The molecule has 160 valence electrons. The number of thiazole rings is 1. The summed E-state index contributed by atoms with van der Waals surface area (Å²) in [5.74, 6) is 0.310. The van der Waals surface area contributed by atoms with Gasteiger partial charge in [0.1, 0.15) is 12.4 Å². The minimum absolute atomic E-state index is 0.0505. The van der Waals surface area contributed by atoms with E-state index in [0.29, 0.717) is 22.2 Å². The molecule has 5 rings (SSSR count). The molecule has 32 heavy (non-hydrogen) atoms. The Morgan fingerprint density at radius 2 is 1.94 bits per heavy atom. The van der Waals surface area contributed by atoms with E-state index < -0.39 is 12.0 Å². The smallest absolute Gasteiger partial charge is 0.294 e. The Hall–Kier alpha value is -3.30. The quantitative estimate of drug-likeness (QED) is 0.271. The number of fused-ring (bicyclic) bond motifs is 2. The first kappa shape index (κ1) is 20.6. The summed E-state index contributed by atoms with van der Waals surface area (Å²) in [4.78, 5) is 18.0. The molecule has 1 unspecified atom stereocenters. The molecule has 1 aromatic heterocycles. The molecule has 0 saturated carbocycles. The molecular formula is C23H15BrFN3O3S. The van der Waals surface area contributed by atoms with Crippen LogP contribution in [-0.2, 0) is 4.79 Å². The first-order chi connectivity index (χ1) is 15.6. The van der Waals surface area contributed by atoms with Gasteiger partial charge in [-0.05, 0) is 48.0 Å². The van der Waals surface area contributed by atoms with Crippen molar-refractivity contribution < 1.29 is 18.7 Å². The van der Waals surface area contributed by atoms with Crippen LogP contribution in [0.4, 0.5) is 9.52 Å². The largest absolute Gasteiger partial charge is 0.485 e. The van der Waals surface area contributed by atoms with Crippen LogP contribution in [0.5, 0.6) is 11.5 Å². The number of anilines is 1. The molecule has 4 aromatic rings. The number of hydrazone groups is 1. The first-order valence-electron chi connectivity index (χ1n) is 9.65. The van der Waals surface area contributed by atoms with Crippen molar-refractivity contribution in [1.82, 2.24) is 4.98 Å². The fourth-order valence-corrected chi connectivity index (χ4v) is 4.61. The highest BCUT2D eigenvalue weighted by atomic mass is 79.9. The van der Waals surface area contributed by atoms with Crippen LogP contribution in [-0.4, -0.2) is 29.8 Å². The predicted octanol–water partition coefficient (Wildman–Crippen LogP) is 5.41. The number of amides is 1. The van der Waals surface area contributed by atoms with Crippen molar-refractivity contribution in [3.05, 3.63) is 82.6 Å². The average molecular weight is 512 g/mol. The van der Waals surface area contributed by atoms with Gasteiger partial charge in [-0.2, -0.15) is 10.1 Å². The van der Waals surface area contributed by atoms with Gasteiger partial charge >= 0.3 is 0 Å². The number of hydrogen-bond donors (Lipinski definition) is 0. The van der Waals surface area contributed by atoms with Crippen LogP contribution in [0.3, 0.4) is 0 Å². The zero-order chi connectivity index (χ0) is 22.1. The van der Waals surface area contributed by atoms with Crippen LogP contribution < -0.4 is 14.5 Å². The summed E-state index contributed by atoms with van der Waals surface area (Å²) in [6.45, 7) is 0.0505. The SMILES string of the molecule is O=C(C1COc2ccccc2O1)N(/N=C/c1ccc(F)cc1)c1nc2ccc(Br)cc2s1. The lowest BCUT2D eigenvalue weighted by atomic mass is 10.2. The molecular weight excluding hydrogens is 497 g/mol. The number of aromatic nitrogens is 1. The number of rotatable bonds is 4. The molecule has 0 fully saturated rings. The highest BCUT2D eigenvalue weighted by Crippen LogP contribution is 2.34. The van der Waals surface area contributed by atoms with Crippen LogP contribution in [0, 0.1) is 5.82 Å². The molecule has 0 aliphatic carbocycles. The molecule has 0 N–H and O–H groups in total. The van der Waals surface area contributed by atoms with Gasteiger partial charge in [-0.15, -0.1) is 0 Å². The van der Waals surface area contributed by atoms with E-state index in [1.54, 1.807) is 24.3 Å². The molecule has 0 bridgehead atoms. The van der Waals surface area contributed by atoms with Gasteiger partial charge in [0, 0.05) is 4.47 Å². The third-order valence-electron chi connectivity index (χ3n) is 4.71. The maximum Gasteiger partial charge on any atom is 0.294 e. The van der Waals surface area contributed by atoms with E-state index in [1.165, 1.54) is 34.7 Å². The predicted molar refractivity (Wildman–Crippen MR) is 125 cm³/mol. The van der Waals surface area contributed by atoms with Crippen LogP contribution in [0.1, 0.15) is 5.56 Å². The molecule has 9 heteroatoms. The third kappa shape index (κ3) is 4.21. The molecule has 1 aliphatic rings. The number of benzene rings is 3. The van der Waals surface area contributed by atoms with Gasteiger partial charge < -0.3 is 9.47 Å². The maximum atomic E-state index is 13.4. The highest BCUT2D eigenvalue weighted by Gasteiger charge is 2.33. The van der Waals surface area contributed by atoms with Gasteiger partial charge in [0.2, 0.25) is 11.2 Å². The van der Waals surface area contributed by atoms with Gasteiger partial charge in [0.25, 0.3) is 5.91 Å². The number of halogens is 2. The van der Waals surface area contributed by atoms with Gasteiger partial charge in [-0.3, -0.25) is 4.79 Å². The van der Waals surface area contributed by atoms with Crippen LogP contribution in [0.25, 0.3) is 10.2 Å². The monoisotopic (exact) mass is 511 g/mol. The summed E-state index contributed by atoms with van der Waals surface area (Å²) in [6, 6.07) is 18.7.